The van der Waals surface area contributed by atoms with Crippen molar-refractivity contribution in [2.24, 2.45) is 0 Å². The first-order valence-corrected chi connectivity index (χ1v) is 5.69. The number of rotatable bonds is 4. The third-order valence-corrected chi connectivity index (χ3v) is 2.67. The Labute approximate surface area is 99.4 Å². The summed E-state index contributed by atoms with van der Waals surface area (Å²) in [5.74, 6) is -0.552. The number of carboxylic acids is 1. The van der Waals surface area contributed by atoms with E-state index in [9.17, 15) is 4.79 Å². The second-order valence-corrected chi connectivity index (χ2v) is 3.99. The quantitative estimate of drug-likeness (QED) is 0.863. The summed E-state index contributed by atoms with van der Waals surface area (Å²) in [6.45, 7) is 1.26. The van der Waals surface area contributed by atoms with Crippen molar-refractivity contribution in [1.29, 1.82) is 0 Å². The van der Waals surface area contributed by atoms with E-state index in [-0.39, 0.29) is 11.7 Å². The average Bonchev–Trinajstić information content (AvgIpc) is 2.38. The van der Waals surface area contributed by atoms with Gasteiger partial charge in [-0.25, -0.2) is 9.78 Å². The SMILES string of the molecule is O=C(O)c1ccc(OC[C@H]2CCCCO2)nc1. The number of hydrogen-bond donors (Lipinski definition) is 1. The topological polar surface area (TPSA) is 68.7 Å². The van der Waals surface area contributed by atoms with Crippen LogP contribution in [0.2, 0.25) is 0 Å². The lowest BCUT2D eigenvalue weighted by atomic mass is 10.1. The van der Waals surface area contributed by atoms with E-state index >= 15 is 0 Å². The van der Waals surface area contributed by atoms with Crippen molar-refractivity contribution < 1.29 is 19.4 Å². The smallest absolute Gasteiger partial charge is 0.337 e. The van der Waals surface area contributed by atoms with Crippen LogP contribution in [0.3, 0.4) is 0 Å². The van der Waals surface area contributed by atoms with Gasteiger partial charge in [-0.2, -0.15) is 0 Å². The van der Waals surface area contributed by atoms with Crippen molar-refractivity contribution in [1.82, 2.24) is 4.98 Å². The number of aromatic nitrogens is 1. The number of nitrogens with zero attached hydrogens (tertiary/aromatic N) is 1. The molecule has 1 N–H and O–H groups in total. The fraction of sp³-hybridized carbons (Fsp3) is 0.500. The van der Waals surface area contributed by atoms with Gasteiger partial charge in [-0.3, -0.25) is 0 Å². The zero-order valence-electron chi connectivity index (χ0n) is 9.46. The average molecular weight is 237 g/mol. The normalized spacial score (nSPS) is 19.9. The van der Waals surface area contributed by atoms with E-state index in [0.717, 1.165) is 19.4 Å². The molecule has 1 atom stereocenters. The van der Waals surface area contributed by atoms with Gasteiger partial charge in [0.2, 0.25) is 5.88 Å². The molecule has 0 unspecified atom stereocenters. The summed E-state index contributed by atoms with van der Waals surface area (Å²) >= 11 is 0. The largest absolute Gasteiger partial charge is 0.478 e. The second kappa shape index (κ2) is 5.63. The van der Waals surface area contributed by atoms with Crippen molar-refractivity contribution in [3.8, 4) is 5.88 Å². The van der Waals surface area contributed by atoms with Crippen LogP contribution < -0.4 is 4.74 Å². The molecule has 2 rings (SSSR count). The first-order valence-electron chi connectivity index (χ1n) is 5.69. The molecular weight excluding hydrogens is 222 g/mol. The summed E-state index contributed by atoms with van der Waals surface area (Å²) in [6, 6.07) is 3.04. The van der Waals surface area contributed by atoms with Crippen LogP contribution >= 0.6 is 0 Å². The van der Waals surface area contributed by atoms with Gasteiger partial charge in [0, 0.05) is 18.9 Å². The lowest BCUT2D eigenvalue weighted by Crippen LogP contribution is -2.25. The monoisotopic (exact) mass is 237 g/mol. The molecule has 92 valence electrons. The van der Waals surface area contributed by atoms with E-state index in [4.69, 9.17) is 14.6 Å². The fourth-order valence-electron chi connectivity index (χ4n) is 1.71. The van der Waals surface area contributed by atoms with Crippen molar-refractivity contribution >= 4 is 5.97 Å². The Hall–Kier alpha value is -1.62. The molecular formula is C12H15NO4. The summed E-state index contributed by atoms with van der Waals surface area (Å²) in [7, 11) is 0. The summed E-state index contributed by atoms with van der Waals surface area (Å²) in [6.07, 6.45) is 4.71. The first-order chi connectivity index (χ1) is 8.25. The van der Waals surface area contributed by atoms with E-state index in [1.807, 2.05) is 0 Å². The minimum absolute atomic E-state index is 0.129. The molecule has 5 heteroatoms. The lowest BCUT2D eigenvalue weighted by Gasteiger charge is -2.22. The Bertz CT molecular complexity index is 371. The van der Waals surface area contributed by atoms with Gasteiger partial charge in [-0.15, -0.1) is 0 Å². The van der Waals surface area contributed by atoms with E-state index < -0.39 is 5.97 Å². The molecule has 0 aliphatic carbocycles. The minimum Gasteiger partial charge on any atom is -0.478 e. The van der Waals surface area contributed by atoms with Gasteiger partial charge in [0.05, 0.1) is 11.7 Å². The third kappa shape index (κ3) is 3.42. The minimum atomic E-state index is -0.986. The van der Waals surface area contributed by atoms with Crippen LogP contribution in [0, 0.1) is 0 Å². The van der Waals surface area contributed by atoms with E-state index in [1.165, 1.54) is 18.7 Å². The van der Waals surface area contributed by atoms with Crippen LogP contribution in [0.5, 0.6) is 5.88 Å². The fourth-order valence-corrected chi connectivity index (χ4v) is 1.71. The Morgan fingerprint density at radius 1 is 1.53 bits per heavy atom. The van der Waals surface area contributed by atoms with Crippen LogP contribution in [0.15, 0.2) is 18.3 Å². The van der Waals surface area contributed by atoms with Crippen molar-refractivity contribution in [3.05, 3.63) is 23.9 Å². The zero-order valence-corrected chi connectivity index (χ0v) is 9.46. The van der Waals surface area contributed by atoms with Crippen LogP contribution in [0.25, 0.3) is 0 Å². The molecule has 0 spiro atoms. The van der Waals surface area contributed by atoms with Crippen LogP contribution in [0.4, 0.5) is 0 Å². The van der Waals surface area contributed by atoms with Gasteiger partial charge in [-0.1, -0.05) is 0 Å². The molecule has 1 aromatic heterocycles. The molecule has 0 bridgehead atoms. The molecule has 2 heterocycles. The molecule has 0 aromatic carbocycles. The van der Waals surface area contributed by atoms with Gasteiger partial charge in [0.25, 0.3) is 0 Å². The zero-order chi connectivity index (χ0) is 12.1. The molecule has 17 heavy (non-hydrogen) atoms. The number of pyridine rings is 1. The maximum Gasteiger partial charge on any atom is 0.337 e. The second-order valence-electron chi connectivity index (χ2n) is 3.99. The van der Waals surface area contributed by atoms with Gasteiger partial charge in [0.1, 0.15) is 6.61 Å². The Kier molecular flexibility index (Phi) is 3.93. The maximum absolute atomic E-state index is 10.6. The summed E-state index contributed by atoms with van der Waals surface area (Å²) in [5, 5.41) is 8.71. The van der Waals surface area contributed by atoms with Crippen molar-refractivity contribution in [2.75, 3.05) is 13.2 Å². The van der Waals surface area contributed by atoms with Crippen molar-refractivity contribution in [3.63, 3.8) is 0 Å². The first kappa shape index (κ1) is 11.9. The van der Waals surface area contributed by atoms with Gasteiger partial charge < -0.3 is 14.6 Å². The molecule has 1 aliphatic heterocycles. The van der Waals surface area contributed by atoms with Crippen molar-refractivity contribution in [2.45, 2.75) is 25.4 Å². The number of carboxylic acid groups (broad SMARTS) is 1. The van der Waals surface area contributed by atoms with Crippen LogP contribution in [-0.2, 0) is 4.74 Å². The van der Waals surface area contributed by atoms with E-state index in [1.54, 1.807) is 6.07 Å². The Balaban J connectivity index is 1.84. The molecule has 1 aromatic rings. The lowest BCUT2D eigenvalue weighted by molar-refractivity contribution is -0.0119. The summed E-state index contributed by atoms with van der Waals surface area (Å²) < 4.78 is 11.0. The molecule has 1 fully saturated rings. The molecule has 0 saturated carbocycles. The number of aromatic carboxylic acids is 1. The summed E-state index contributed by atoms with van der Waals surface area (Å²) in [5.41, 5.74) is 0.159. The van der Waals surface area contributed by atoms with Gasteiger partial charge in [0.15, 0.2) is 0 Å². The maximum atomic E-state index is 10.6. The van der Waals surface area contributed by atoms with E-state index in [2.05, 4.69) is 4.98 Å². The number of hydrogen-bond acceptors (Lipinski definition) is 4. The molecule has 1 saturated heterocycles. The highest BCUT2D eigenvalue weighted by Crippen LogP contribution is 2.14. The third-order valence-electron chi connectivity index (χ3n) is 2.67. The van der Waals surface area contributed by atoms with Gasteiger partial charge >= 0.3 is 5.97 Å². The van der Waals surface area contributed by atoms with E-state index in [0.29, 0.717) is 12.5 Å². The predicted octanol–water partition coefficient (Wildman–Crippen LogP) is 1.73. The number of ether oxygens (including phenoxy) is 2. The standard InChI is InChI=1S/C12H15NO4/c14-12(15)9-4-5-11(13-7-9)17-8-10-3-1-2-6-16-10/h4-5,7,10H,1-3,6,8H2,(H,14,15)/t10-/m1/s1. The van der Waals surface area contributed by atoms with Gasteiger partial charge in [-0.05, 0) is 25.3 Å². The molecule has 0 radical (unpaired) electrons. The summed E-state index contributed by atoms with van der Waals surface area (Å²) in [4.78, 5) is 14.5. The molecule has 0 amide bonds. The molecule has 5 nitrogen and oxygen atoms in total. The highest BCUT2D eigenvalue weighted by molar-refractivity contribution is 5.87. The molecule has 1 aliphatic rings. The highest BCUT2D eigenvalue weighted by Gasteiger charge is 2.14. The predicted molar refractivity (Wildman–Crippen MR) is 60.3 cm³/mol. The Morgan fingerprint density at radius 3 is 3.00 bits per heavy atom. The highest BCUT2D eigenvalue weighted by atomic mass is 16.5. The Morgan fingerprint density at radius 2 is 2.41 bits per heavy atom. The van der Waals surface area contributed by atoms with Crippen LogP contribution in [-0.4, -0.2) is 35.4 Å². The number of carbonyl (C=O) groups is 1. The van der Waals surface area contributed by atoms with Crippen LogP contribution in [0.1, 0.15) is 29.6 Å².